The topological polar surface area (TPSA) is 49.8 Å². The van der Waals surface area contributed by atoms with E-state index in [0.29, 0.717) is 12.0 Å². The molecule has 0 bridgehead atoms. The van der Waals surface area contributed by atoms with Crippen LogP contribution < -0.4 is 0 Å². The van der Waals surface area contributed by atoms with Crippen LogP contribution in [0.1, 0.15) is 0 Å². The second-order valence-corrected chi connectivity index (χ2v) is 1.96. The molecule has 0 aromatic heterocycles. The van der Waals surface area contributed by atoms with Gasteiger partial charge in [0, 0.05) is 6.08 Å². The largest absolute Gasteiger partial charge is 0.478 e. The Kier molecular flexibility index (Phi) is 4.98. The summed E-state index contributed by atoms with van der Waals surface area (Å²) in [5.74, 6) is -0.315. The predicted octanol–water partition coefficient (Wildman–Crippen LogP) is 0.881. The summed E-state index contributed by atoms with van der Waals surface area (Å²) in [7, 11) is 0. The fourth-order valence-corrected chi connectivity index (χ4v) is 0.335. The molecule has 0 spiro atoms. The minimum atomic E-state index is -0.981. The van der Waals surface area contributed by atoms with Crippen LogP contribution in [-0.2, 0) is 9.53 Å². The molecule has 1 rings (SSSR count). The zero-order valence-electron chi connectivity index (χ0n) is 5.42. The number of halogens is 1. The van der Waals surface area contributed by atoms with E-state index < -0.39 is 5.97 Å². The van der Waals surface area contributed by atoms with Crippen molar-refractivity contribution in [1.29, 1.82) is 0 Å². The first-order valence-corrected chi connectivity index (χ1v) is 3.27. The lowest BCUT2D eigenvalue weighted by molar-refractivity contribution is -0.131. The van der Waals surface area contributed by atoms with E-state index >= 15 is 0 Å². The quantitative estimate of drug-likeness (QED) is 0.375. The molecule has 1 saturated heterocycles. The maximum Gasteiger partial charge on any atom is 0.327 e. The number of ether oxygens (including phenoxy) is 1. The van der Waals surface area contributed by atoms with E-state index in [2.05, 4.69) is 6.58 Å². The van der Waals surface area contributed by atoms with Crippen molar-refractivity contribution in [2.24, 2.45) is 0 Å². The van der Waals surface area contributed by atoms with Gasteiger partial charge in [-0.1, -0.05) is 6.58 Å². The first-order valence-electron chi connectivity index (χ1n) is 2.73. The number of aliphatic carboxylic acids is 1. The van der Waals surface area contributed by atoms with Crippen molar-refractivity contribution in [2.45, 2.75) is 6.10 Å². The lowest BCUT2D eigenvalue weighted by Gasteiger charge is -1.67. The Labute approximate surface area is 64.2 Å². The van der Waals surface area contributed by atoms with E-state index in [9.17, 15) is 4.79 Å². The Balaban J connectivity index is 0.000000162. The van der Waals surface area contributed by atoms with E-state index in [4.69, 9.17) is 21.4 Å². The van der Waals surface area contributed by atoms with Crippen LogP contribution in [0.2, 0.25) is 0 Å². The number of rotatable bonds is 2. The Morgan fingerprint density at radius 3 is 2.40 bits per heavy atom. The molecule has 1 atom stereocenters. The molecule has 0 radical (unpaired) electrons. The van der Waals surface area contributed by atoms with Gasteiger partial charge in [-0.2, -0.15) is 0 Å². The maximum atomic E-state index is 9.25. The average molecular weight is 165 g/mol. The maximum absolute atomic E-state index is 9.25. The molecular formula is C6H9ClO3. The molecular weight excluding hydrogens is 156 g/mol. The SMILES string of the molecule is C=CC(=O)O.ClCC1CO1. The summed E-state index contributed by atoms with van der Waals surface area (Å²) in [5, 5.41) is 7.60. The number of carboxylic acid groups (broad SMARTS) is 1. The molecule has 0 saturated carbocycles. The van der Waals surface area contributed by atoms with Crippen LogP contribution in [0.25, 0.3) is 0 Å². The van der Waals surface area contributed by atoms with Gasteiger partial charge in [0.25, 0.3) is 0 Å². The van der Waals surface area contributed by atoms with Gasteiger partial charge in [-0.3, -0.25) is 0 Å². The zero-order chi connectivity index (χ0) is 7.98. The monoisotopic (exact) mass is 164 g/mol. The lowest BCUT2D eigenvalue weighted by Crippen LogP contribution is -1.82. The summed E-state index contributed by atoms with van der Waals surface area (Å²) in [5.41, 5.74) is 0. The summed E-state index contributed by atoms with van der Waals surface area (Å²) >= 11 is 5.27. The minimum Gasteiger partial charge on any atom is -0.478 e. The van der Waals surface area contributed by atoms with Crippen molar-refractivity contribution in [3.63, 3.8) is 0 Å². The van der Waals surface area contributed by atoms with E-state index in [1.54, 1.807) is 0 Å². The number of hydrogen-bond acceptors (Lipinski definition) is 2. The molecule has 58 valence electrons. The number of epoxide rings is 1. The van der Waals surface area contributed by atoms with Gasteiger partial charge in [0.1, 0.15) is 0 Å². The van der Waals surface area contributed by atoms with Crippen LogP contribution >= 0.6 is 11.6 Å². The minimum absolute atomic E-state index is 0.400. The van der Waals surface area contributed by atoms with Crippen molar-refractivity contribution >= 4 is 17.6 Å². The van der Waals surface area contributed by atoms with Crippen LogP contribution in [0.4, 0.5) is 0 Å². The molecule has 3 nitrogen and oxygen atoms in total. The molecule has 10 heavy (non-hydrogen) atoms. The smallest absolute Gasteiger partial charge is 0.327 e. The second-order valence-electron chi connectivity index (χ2n) is 1.65. The molecule has 1 aliphatic rings. The highest BCUT2D eigenvalue weighted by Crippen LogP contribution is 2.08. The van der Waals surface area contributed by atoms with Crippen molar-refractivity contribution < 1.29 is 14.6 Å². The summed E-state index contributed by atoms with van der Waals surface area (Å²) < 4.78 is 4.73. The zero-order valence-corrected chi connectivity index (χ0v) is 6.17. The molecule has 0 aliphatic carbocycles. The molecule has 0 aromatic rings. The number of hydrogen-bond donors (Lipinski definition) is 1. The van der Waals surface area contributed by atoms with Crippen molar-refractivity contribution in [3.05, 3.63) is 12.7 Å². The van der Waals surface area contributed by atoms with Crippen molar-refractivity contribution in [2.75, 3.05) is 12.5 Å². The number of carbonyl (C=O) groups is 1. The van der Waals surface area contributed by atoms with E-state index in [-0.39, 0.29) is 0 Å². The normalized spacial score (nSPS) is 20.3. The summed E-state index contributed by atoms with van der Waals surface area (Å²) in [6.45, 7) is 3.84. The molecule has 1 N–H and O–H groups in total. The second kappa shape index (κ2) is 5.26. The third kappa shape index (κ3) is 7.46. The van der Waals surface area contributed by atoms with Gasteiger partial charge >= 0.3 is 5.97 Å². The molecule has 1 aliphatic heterocycles. The molecule has 0 aromatic carbocycles. The standard InChI is InChI=1S/C3H5ClO.C3H4O2/c4-1-3-2-5-3;1-2-3(4)5/h3H,1-2H2;2H,1H2,(H,4,5). The highest BCUT2D eigenvalue weighted by molar-refractivity contribution is 6.18. The van der Waals surface area contributed by atoms with Crippen LogP contribution in [0, 0.1) is 0 Å². The van der Waals surface area contributed by atoms with Crippen LogP contribution in [0.15, 0.2) is 12.7 Å². The van der Waals surface area contributed by atoms with Gasteiger partial charge in [-0.25, -0.2) is 4.79 Å². The van der Waals surface area contributed by atoms with Crippen molar-refractivity contribution in [1.82, 2.24) is 0 Å². The number of carboxylic acids is 1. The Bertz CT molecular complexity index is 120. The fourth-order valence-electron chi connectivity index (χ4n) is 0.157. The molecule has 0 amide bonds. The molecule has 4 heteroatoms. The molecule has 1 fully saturated rings. The van der Waals surface area contributed by atoms with E-state index in [1.165, 1.54) is 0 Å². The van der Waals surface area contributed by atoms with E-state index in [1.807, 2.05) is 0 Å². The van der Waals surface area contributed by atoms with Crippen molar-refractivity contribution in [3.8, 4) is 0 Å². The van der Waals surface area contributed by atoms with Gasteiger partial charge in [0.05, 0.1) is 18.6 Å². The third-order valence-corrected chi connectivity index (χ3v) is 1.09. The fraction of sp³-hybridized carbons (Fsp3) is 0.500. The summed E-state index contributed by atoms with van der Waals surface area (Å²) in [6, 6.07) is 0. The van der Waals surface area contributed by atoms with Crippen LogP contribution in [-0.4, -0.2) is 29.7 Å². The van der Waals surface area contributed by atoms with Gasteiger partial charge in [-0.15, -0.1) is 11.6 Å². The Morgan fingerprint density at radius 1 is 2.00 bits per heavy atom. The van der Waals surface area contributed by atoms with Gasteiger partial charge in [0.15, 0.2) is 0 Å². The Hall–Kier alpha value is -0.540. The number of alkyl halides is 1. The molecule has 1 unspecified atom stereocenters. The highest BCUT2D eigenvalue weighted by atomic mass is 35.5. The molecule has 1 heterocycles. The van der Waals surface area contributed by atoms with Crippen LogP contribution in [0.3, 0.4) is 0 Å². The highest BCUT2D eigenvalue weighted by Gasteiger charge is 2.19. The Morgan fingerprint density at radius 2 is 2.40 bits per heavy atom. The van der Waals surface area contributed by atoms with Gasteiger partial charge in [0.2, 0.25) is 0 Å². The van der Waals surface area contributed by atoms with Crippen LogP contribution in [0.5, 0.6) is 0 Å². The first kappa shape index (κ1) is 9.46. The third-order valence-electron chi connectivity index (χ3n) is 0.749. The van der Waals surface area contributed by atoms with E-state index in [0.717, 1.165) is 12.7 Å². The predicted molar refractivity (Wildman–Crippen MR) is 38.3 cm³/mol. The summed E-state index contributed by atoms with van der Waals surface area (Å²) in [6.07, 6.45) is 1.23. The first-order chi connectivity index (χ1) is 4.70. The van der Waals surface area contributed by atoms with Gasteiger partial charge in [-0.05, 0) is 0 Å². The average Bonchev–Trinajstić information content (AvgIpc) is 2.70. The van der Waals surface area contributed by atoms with Gasteiger partial charge < -0.3 is 9.84 Å². The lowest BCUT2D eigenvalue weighted by atomic mass is 10.6. The summed E-state index contributed by atoms with van der Waals surface area (Å²) in [4.78, 5) is 9.25.